The second-order valence-corrected chi connectivity index (χ2v) is 2.22. The molecule has 0 fully saturated rings. The van der Waals surface area contributed by atoms with Gasteiger partial charge in [0.2, 0.25) is 0 Å². The van der Waals surface area contributed by atoms with Gasteiger partial charge in [-0.2, -0.15) is 0 Å². The highest BCUT2D eigenvalue weighted by molar-refractivity contribution is 9.10. The highest BCUT2D eigenvalue weighted by Gasteiger charge is 1.92. The van der Waals surface area contributed by atoms with Gasteiger partial charge in [0, 0.05) is 21.7 Å². The molecule has 2 N–H and O–H groups in total. The van der Waals surface area contributed by atoms with Crippen molar-refractivity contribution in [2.75, 3.05) is 5.73 Å². The Hall–Kier alpha value is -0.570. The van der Waals surface area contributed by atoms with Crippen molar-refractivity contribution in [3.05, 3.63) is 22.4 Å². The fourth-order valence-electron chi connectivity index (χ4n) is 0.376. The molecule has 3 heteroatoms. The van der Waals surface area contributed by atoms with E-state index in [2.05, 4.69) is 20.9 Å². The largest absolute Gasteiger partial charge is 0.398 e. The van der Waals surface area contributed by atoms with Crippen molar-refractivity contribution in [2.24, 2.45) is 0 Å². The van der Waals surface area contributed by atoms with E-state index in [0.717, 1.165) is 0 Å². The molecule has 0 amide bonds. The zero-order chi connectivity index (χ0) is 11.1. The van der Waals surface area contributed by atoms with Crippen LogP contribution in [-0.4, -0.2) is 4.98 Å². The van der Waals surface area contributed by atoms with Gasteiger partial charge < -0.3 is 5.73 Å². The summed E-state index contributed by atoms with van der Waals surface area (Å²) in [5.74, 6) is 0. The van der Waals surface area contributed by atoms with E-state index in [1.165, 1.54) is 0 Å². The van der Waals surface area contributed by atoms with Crippen LogP contribution in [0.3, 0.4) is 0 Å². The van der Waals surface area contributed by atoms with Crippen LogP contribution in [0.15, 0.2) is 16.7 Å². The number of aryl methyl sites for hydroxylation is 1. The molecule has 0 aliphatic carbocycles. The zero-order valence-corrected chi connectivity index (χ0v) is 5.99. The molecule has 1 heterocycles. The lowest BCUT2D eigenvalue weighted by Gasteiger charge is -1.96. The van der Waals surface area contributed by atoms with Gasteiger partial charge in [0.05, 0.1) is 7.21 Å². The predicted molar refractivity (Wildman–Crippen MR) is 41.1 cm³/mol. The summed E-state index contributed by atoms with van der Waals surface area (Å²) >= 11 is 2.95. The van der Waals surface area contributed by atoms with E-state index in [9.17, 15) is 0 Å². The van der Waals surface area contributed by atoms with Crippen LogP contribution in [-0.2, 0) is 0 Å². The molecule has 0 bridgehead atoms. The van der Waals surface area contributed by atoms with Crippen LogP contribution in [0.25, 0.3) is 0 Å². The Morgan fingerprint density at radius 1 is 2.00 bits per heavy atom. The molecule has 9 heavy (non-hydrogen) atoms. The van der Waals surface area contributed by atoms with Gasteiger partial charge in [0.15, 0.2) is 0 Å². The molecule has 48 valence electrons. The third-order valence-corrected chi connectivity index (χ3v) is 1.36. The van der Waals surface area contributed by atoms with E-state index in [0.29, 0.717) is 0 Å². The van der Waals surface area contributed by atoms with E-state index in [1.807, 2.05) is 0 Å². The Kier molecular flexibility index (Phi) is 0.674. The fraction of sp³-hybridized carbons (Fsp3) is 0.167. The van der Waals surface area contributed by atoms with Gasteiger partial charge in [0.25, 0.3) is 0 Å². The third-order valence-electron chi connectivity index (χ3n) is 0.755. The standard InChI is InChI=1S/C6H7BrN2/c1-4-2-6(8)5(7)3-9-4/h2-3H,1H3,(H2,8,9)/i1D3,2D,3D. The molecule has 2 nitrogen and oxygen atoms in total. The normalized spacial score (nSPS) is 19.0. The summed E-state index contributed by atoms with van der Waals surface area (Å²) in [4.78, 5) is 3.49. The topological polar surface area (TPSA) is 38.9 Å². The molecule has 0 aliphatic heterocycles. The molecule has 0 saturated carbocycles. The lowest BCUT2D eigenvalue weighted by molar-refractivity contribution is 1.19. The first-order valence-electron chi connectivity index (χ1n) is 4.67. The summed E-state index contributed by atoms with van der Waals surface area (Å²) in [6.07, 6.45) is -0.273. The first-order chi connectivity index (χ1) is 6.25. The van der Waals surface area contributed by atoms with Crippen LogP contribution in [0.5, 0.6) is 0 Å². The van der Waals surface area contributed by atoms with Crippen LogP contribution in [0.2, 0.25) is 0 Å². The van der Waals surface area contributed by atoms with Gasteiger partial charge in [-0.05, 0) is 28.8 Å². The van der Waals surface area contributed by atoms with E-state index in [-0.39, 0.29) is 22.4 Å². The van der Waals surface area contributed by atoms with Gasteiger partial charge in [-0.15, -0.1) is 0 Å². The van der Waals surface area contributed by atoms with Gasteiger partial charge in [-0.25, -0.2) is 0 Å². The van der Waals surface area contributed by atoms with Crippen LogP contribution in [0.1, 0.15) is 12.5 Å². The molecule has 0 atom stereocenters. The van der Waals surface area contributed by atoms with Crippen LogP contribution < -0.4 is 5.73 Å². The van der Waals surface area contributed by atoms with E-state index in [1.54, 1.807) is 0 Å². The summed E-state index contributed by atoms with van der Waals surface area (Å²) < 4.78 is 36.1. The van der Waals surface area contributed by atoms with Crippen molar-refractivity contribution in [2.45, 2.75) is 6.85 Å². The lowest BCUT2D eigenvalue weighted by Crippen LogP contribution is -1.88. The van der Waals surface area contributed by atoms with E-state index in [4.69, 9.17) is 12.6 Å². The maximum absolute atomic E-state index is 7.43. The quantitative estimate of drug-likeness (QED) is 0.679. The van der Waals surface area contributed by atoms with E-state index < -0.39 is 12.5 Å². The van der Waals surface area contributed by atoms with Crippen molar-refractivity contribution in [3.63, 3.8) is 0 Å². The molecule has 0 aromatic carbocycles. The van der Waals surface area contributed by atoms with Crippen LogP contribution in [0.4, 0.5) is 5.69 Å². The first-order valence-corrected chi connectivity index (χ1v) is 2.97. The molecular formula is C6H7BrN2. The molecule has 1 aromatic heterocycles. The van der Waals surface area contributed by atoms with Crippen molar-refractivity contribution < 1.29 is 6.85 Å². The average molecular weight is 192 g/mol. The summed E-state index contributed by atoms with van der Waals surface area (Å²) in [5, 5.41) is 0. The number of nitrogens with zero attached hydrogens (tertiary/aromatic N) is 1. The number of nitrogen functional groups attached to an aromatic ring is 1. The maximum atomic E-state index is 7.43. The average Bonchev–Trinajstić information content (AvgIpc) is 2.06. The molecule has 0 radical (unpaired) electrons. The molecule has 0 saturated heterocycles. The SMILES string of the molecule is [2H]c1nc(C([2H])([2H])[2H])c([2H])c(N)c1Br. The number of halogens is 1. The first kappa shape index (κ1) is 2.58. The van der Waals surface area contributed by atoms with E-state index >= 15 is 0 Å². The van der Waals surface area contributed by atoms with Crippen LogP contribution >= 0.6 is 15.9 Å². The van der Waals surface area contributed by atoms with Crippen LogP contribution in [0, 0.1) is 6.85 Å². The third kappa shape index (κ3) is 1.42. The number of hydrogen-bond acceptors (Lipinski definition) is 2. The fourth-order valence-corrected chi connectivity index (χ4v) is 0.563. The number of nitrogens with two attached hydrogens (primary N) is 1. The summed E-state index contributed by atoms with van der Waals surface area (Å²) in [7, 11) is 0. The molecule has 0 spiro atoms. The van der Waals surface area contributed by atoms with Crippen molar-refractivity contribution in [3.8, 4) is 0 Å². The molecular weight excluding hydrogens is 180 g/mol. The molecule has 0 unspecified atom stereocenters. The molecule has 0 aliphatic rings. The van der Waals surface area contributed by atoms with Gasteiger partial charge in [-0.1, -0.05) is 0 Å². The predicted octanol–water partition coefficient (Wildman–Crippen LogP) is 1.73. The highest BCUT2D eigenvalue weighted by Crippen LogP contribution is 2.17. The number of pyridine rings is 1. The van der Waals surface area contributed by atoms with Crippen molar-refractivity contribution in [1.29, 1.82) is 0 Å². The minimum absolute atomic E-state index is 0.0730. The monoisotopic (exact) mass is 191 g/mol. The molecule has 1 rings (SSSR count). The summed E-state index contributed by atoms with van der Waals surface area (Å²) in [6.45, 7) is -2.51. The maximum Gasteiger partial charge on any atom is 0.0853 e. The second kappa shape index (κ2) is 2.35. The minimum Gasteiger partial charge on any atom is -0.398 e. The second-order valence-electron chi connectivity index (χ2n) is 1.42. The number of rotatable bonds is 0. The van der Waals surface area contributed by atoms with Crippen molar-refractivity contribution >= 4 is 21.6 Å². The number of hydrogen-bond donors (Lipinski definition) is 1. The Balaban J connectivity index is 3.49. The van der Waals surface area contributed by atoms with Gasteiger partial charge >= 0.3 is 0 Å². The number of aromatic nitrogens is 1. The highest BCUT2D eigenvalue weighted by atomic mass is 79.9. The smallest absolute Gasteiger partial charge is 0.0853 e. The Labute approximate surface area is 69.2 Å². The lowest BCUT2D eigenvalue weighted by atomic mass is 10.3. The summed E-state index contributed by atoms with van der Waals surface area (Å²) in [5.41, 5.74) is 4.92. The Morgan fingerprint density at radius 2 is 2.78 bits per heavy atom. The van der Waals surface area contributed by atoms with Crippen molar-refractivity contribution in [1.82, 2.24) is 4.98 Å². The van der Waals surface area contributed by atoms with Gasteiger partial charge in [0.1, 0.15) is 0 Å². The zero-order valence-electron chi connectivity index (χ0n) is 9.40. The molecule has 1 aromatic rings. The summed E-state index contributed by atoms with van der Waals surface area (Å²) in [6, 6.07) is -0.354. The van der Waals surface area contributed by atoms with Gasteiger partial charge in [-0.3, -0.25) is 4.98 Å². The Bertz CT molecular complexity index is 375. The minimum atomic E-state index is -2.51. The number of anilines is 1. The Morgan fingerprint density at radius 3 is 3.44 bits per heavy atom.